The predicted octanol–water partition coefficient (Wildman–Crippen LogP) is 2.11. The molecule has 1 N–H and O–H groups in total. The van der Waals surface area contributed by atoms with Gasteiger partial charge in [0.05, 0.1) is 5.84 Å². The molecule has 64 valence electrons. The molecule has 1 heterocycles. The highest BCUT2D eigenvalue weighted by Crippen LogP contribution is 2.13. The summed E-state index contributed by atoms with van der Waals surface area (Å²) in [6, 6.07) is 0. The third kappa shape index (κ3) is 1.95. The average molecular weight is 154 g/mol. The number of hydrogen-bond acceptors (Lipinski definition) is 1. The maximum absolute atomic E-state index is 7.82. The molecule has 1 atom stereocenters. The number of rotatable bonds is 2. The van der Waals surface area contributed by atoms with Gasteiger partial charge in [0.2, 0.25) is 0 Å². The van der Waals surface area contributed by atoms with Crippen molar-refractivity contribution in [2.75, 3.05) is 13.1 Å². The van der Waals surface area contributed by atoms with Gasteiger partial charge in [-0.3, -0.25) is 5.41 Å². The molecule has 1 saturated heterocycles. The Kier molecular flexibility index (Phi) is 2.92. The fraction of sp³-hybridized carbons (Fsp3) is 0.889. The topological polar surface area (TPSA) is 27.1 Å². The van der Waals surface area contributed by atoms with Gasteiger partial charge in [-0.05, 0) is 19.3 Å². The van der Waals surface area contributed by atoms with Crippen LogP contribution in [0.4, 0.5) is 0 Å². The van der Waals surface area contributed by atoms with E-state index >= 15 is 0 Å². The molecule has 1 fully saturated rings. The summed E-state index contributed by atoms with van der Waals surface area (Å²) in [7, 11) is 0. The zero-order valence-corrected chi connectivity index (χ0v) is 7.56. The standard InChI is InChI=1S/C9H18N2/c1-3-8(2)9(10)11-6-4-5-7-11/h8,10H,3-7H2,1-2H3/t8-/m0/s1. The van der Waals surface area contributed by atoms with E-state index in [1.807, 2.05) is 0 Å². The fourth-order valence-corrected chi connectivity index (χ4v) is 1.46. The predicted molar refractivity (Wildman–Crippen MR) is 48.0 cm³/mol. The summed E-state index contributed by atoms with van der Waals surface area (Å²) in [6.07, 6.45) is 3.65. The number of nitrogens with zero attached hydrogens (tertiary/aromatic N) is 1. The largest absolute Gasteiger partial charge is 0.360 e. The summed E-state index contributed by atoms with van der Waals surface area (Å²) >= 11 is 0. The molecule has 2 nitrogen and oxygen atoms in total. The minimum Gasteiger partial charge on any atom is -0.360 e. The molecule has 1 aliphatic heterocycles. The van der Waals surface area contributed by atoms with Crippen LogP contribution in [0.2, 0.25) is 0 Å². The first-order valence-electron chi connectivity index (χ1n) is 4.59. The Balaban J connectivity index is 2.39. The number of nitrogens with one attached hydrogen (secondary N) is 1. The van der Waals surface area contributed by atoms with Crippen LogP contribution in [-0.2, 0) is 0 Å². The van der Waals surface area contributed by atoms with Gasteiger partial charge >= 0.3 is 0 Å². The molecule has 0 aromatic rings. The zero-order valence-electron chi connectivity index (χ0n) is 7.56. The van der Waals surface area contributed by atoms with E-state index in [4.69, 9.17) is 5.41 Å². The van der Waals surface area contributed by atoms with Gasteiger partial charge in [-0.2, -0.15) is 0 Å². The minimum atomic E-state index is 0.452. The number of likely N-dealkylation sites (tertiary alicyclic amines) is 1. The lowest BCUT2D eigenvalue weighted by Gasteiger charge is -2.22. The molecule has 0 aliphatic carbocycles. The summed E-state index contributed by atoms with van der Waals surface area (Å²) in [6.45, 7) is 6.52. The van der Waals surface area contributed by atoms with Gasteiger partial charge in [0, 0.05) is 19.0 Å². The second-order valence-electron chi connectivity index (χ2n) is 3.39. The molecule has 11 heavy (non-hydrogen) atoms. The number of amidine groups is 1. The minimum absolute atomic E-state index is 0.452. The fourth-order valence-electron chi connectivity index (χ4n) is 1.46. The van der Waals surface area contributed by atoms with E-state index in [-0.39, 0.29) is 0 Å². The van der Waals surface area contributed by atoms with Gasteiger partial charge in [0.1, 0.15) is 0 Å². The van der Waals surface area contributed by atoms with Crippen molar-refractivity contribution < 1.29 is 0 Å². The molecular formula is C9H18N2. The Morgan fingerprint density at radius 1 is 1.45 bits per heavy atom. The van der Waals surface area contributed by atoms with Crippen LogP contribution in [0.15, 0.2) is 0 Å². The van der Waals surface area contributed by atoms with Gasteiger partial charge < -0.3 is 4.90 Å². The first-order chi connectivity index (χ1) is 5.25. The van der Waals surface area contributed by atoms with Crippen LogP contribution in [0.5, 0.6) is 0 Å². The third-order valence-electron chi connectivity index (χ3n) is 2.53. The zero-order chi connectivity index (χ0) is 8.27. The van der Waals surface area contributed by atoms with Gasteiger partial charge in [0.25, 0.3) is 0 Å². The first kappa shape index (κ1) is 8.57. The van der Waals surface area contributed by atoms with Crippen LogP contribution in [0.3, 0.4) is 0 Å². The van der Waals surface area contributed by atoms with Crippen molar-refractivity contribution >= 4 is 5.84 Å². The highest BCUT2D eigenvalue weighted by molar-refractivity contribution is 5.81. The van der Waals surface area contributed by atoms with E-state index in [0.717, 1.165) is 25.3 Å². The van der Waals surface area contributed by atoms with Crippen molar-refractivity contribution in [3.8, 4) is 0 Å². The molecule has 0 amide bonds. The summed E-state index contributed by atoms with van der Waals surface area (Å²) in [5.74, 6) is 1.30. The molecule has 0 spiro atoms. The smallest absolute Gasteiger partial charge is 0.0986 e. The average Bonchev–Trinajstić information content (AvgIpc) is 2.53. The van der Waals surface area contributed by atoms with Crippen LogP contribution in [0.1, 0.15) is 33.1 Å². The summed E-state index contributed by atoms with van der Waals surface area (Å²) < 4.78 is 0. The van der Waals surface area contributed by atoms with Crippen molar-refractivity contribution in [3.05, 3.63) is 0 Å². The van der Waals surface area contributed by atoms with Gasteiger partial charge in [0.15, 0.2) is 0 Å². The lowest BCUT2D eigenvalue weighted by molar-refractivity contribution is 0.473. The Labute approximate surface area is 69.1 Å². The Hall–Kier alpha value is -0.530. The van der Waals surface area contributed by atoms with Crippen molar-refractivity contribution in [1.82, 2.24) is 4.90 Å². The summed E-state index contributed by atoms with van der Waals surface area (Å²) in [4.78, 5) is 2.22. The molecule has 0 aromatic heterocycles. The van der Waals surface area contributed by atoms with Gasteiger partial charge in [-0.25, -0.2) is 0 Å². The molecule has 2 heteroatoms. The Morgan fingerprint density at radius 3 is 2.45 bits per heavy atom. The summed E-state index contributed by atoms with van der Waals surface area (Å²) in [5, 5.41) is 7.82. The SMILES string of the molecule is CC[C@H](C)C(=N)N1CCCC1. The van der Waals surface area contributed by atoms with Crippen molar-refractivity contribution in [2.24, 2.45) is 5.92 Å². The maximum Gasteiger partial charge on any atom is 0.0986 e. The lowest BCUT2D eigenvalue weighted by Crippen LogP contribution is -2.31. The molecule has 1 aliphatic rings. The highest BCUT2D eigenvalue weighted by Gasteiger charge is 2.17. The second-order valence-corrected chi connectivity index (χ2v) is 3.39. The first-order valence-corrected chi connectivity index (χ1v) is 4.59. The van der Waals surface area contributed by atoms with E-state index in [0.29, 0.717) is 5.92 Å². The molecular weight excluding hydrogens is 136 g/mol. The normalized spacial score (nSPS) is 20.4. The van der Waals surface area contributed by atoms with Crippen LogP contribution in [0, 0.1) is 11.3 Å². The maximum atomic E-state index is 7.82. The van der Waals surface area contributed by atoms with Crippen LogP contribution in [-0.4, -0.2) is 23.8 Å². The quantitative estimate of drug-likeness (QED) is 0.478. The molecule has 0 unspecified atom stereocenters. The van der Waals surface area contributed by atoms with E-state index in [1.165, 1.54) is 12.8 Å². The van der Waals surface area contributed by atoms with Gasteiger partial charge in [-0.15, -0.1) is 0 Å². The van der Waals surface area contributed by atoms with Gasteiger partial charge in [-0.1, -0.05) is 13.8 Å². The monoisotopic (exact) mass is 154 g/mol. The third-order valence-corrected chi connectivity index (χ3v) is 2.53. The van der Waals surface area contributed by atoms with E-state index in [9.17, 15) is 0 Å². The Morgan fingerprint density at radius 2 is 2.00 bits per heavy atom. The lowest BCUT2D eigenvalue weighted by atomic mass is 10.1. The van der Waals surface area contributed by atoms with E-state index < -0.39 is 0 Å². The molecule has 0 bridgehead atoms. The molecule has 1 rings (SSSR count). The van der Waals surface area contributed by atoms with E-state index in [2.05, 4.69) is 18.7 Å². The summed E-state index contributed by atoms with van der Waals surface area (Å²) in [5.41, 5.74) is 0. The van der Waals surface area contributed by atoms with Crippen molar-refractivity contribution in [1.29, 1.82) is 5.41 Å². The van der Waals surface area contributed by atoms with Crippen LogP contribution >= 0.6 is 0 Å². The van der Waals surface area contributed by atoms with Crippen molar-refractivity contribution in [2.45, 2.75) is 33.1 Å². The van der Waals surface area contributed by atoms with Crippen LogP contribution < -0.4 is 0 Å². The highest BCUT2D eigenvalue weighted by atomic mass is 15.2. The molecule has 0 saturated carbocycles. The molecule has 0 aromatic carbocycles. The Bertz CT molecular complexity index is 136. The number of hydrogen-bond donors (Lipinski definition) is 1. The molecule has 0 radical (unpaired) electrons. The van der Waals surface area contributed by atoms with Crippen molar-refractivity contribution in [3.63, 3.8) is 0 Å². The van der Waals surface area contributed by atoms with Crippen LogP contribution in [0.25, 0.3) is 0 Å². The second kappa shape index (κ2) is 3.74. The van der Waals surface area contributed by atoms with E-state index in [1.54, 1.807) is 0 Å².